The third-order valence-corrected chi connectivity index (χ3v) is 1.70. The van der Waals surface area contributed by atoms with Crippen molar-refractivity contribution in [2.75, 3.05) is 13.2 Å². The number of carbonyl (C=O) groups excluding carboxylic acids is 2. The molecule has 1 rings (SSSR count). The van der Waals surface area contributed by atoms with Crippen molar-refractivity contribution in [1.82, 2.24) is 10.3 Å². The Hall–Kier alpha value is -2.11. The molecule has 0 aliphatic carbocycles. The number of esters is 1. The minimum Gasteiger partial charge on any atom is -0.505 e. The lowest BCUT2D eigenvalue weighted by Crippen LogP contribution is -2.31. The van der Waals surface area contributed by atoms with Gasteiger partial charge in [-0.05, 0) is 19.1 Å². The second-order valence-electron chi connectivity index (χ2n) is 2.86. The summed E-state index contributed by atoms with van der Waals surface area (Å²) in [6.07, 6.45) is 1.37. The van der Waals surface area contributed by atoms with E-state index in [1.54, 1.807) is 6.92 Å². The SMILES string of the molecule is CCOC(=O)CNC(=O)c1ncccc1O. The number of nitrogens with zero attached hydrogens (tertiary/aromatic N) is 1. The van der Waals surface area contributed by atoms with E-state index in [1.807, 2.05) is 0 Å². The van der Waals surface area contributed by atoms with Gasteiger partial charge in [-0.25, -0.2) is 4.98 Å². The Kier molecular flexibility index (Phi) is 4.26. The molecule has 0 saturated carbocycles. The third kappa shape index (κ3) is 3.23. The van der Waals surface area contributed by atoms with Crippen LogP contribution < -0.4 is 5.32 Å². The van der Waals surface area contributed by atoms with Gasteiger partial charge >= 0.3 is 5.97 Å². The van der Waals surface area contributed by atoms with E-state index in [0.29, 0.717) is 0 Å². The number of carbonyl (C=O) groups is 2. The van der Waals surface area contributed by atoms with Crippen molar-refractivity contribution in [3.8, 4) is 5.75 Å². The summed E-state index contributed by atoms with van der Waals surface area (Å²) in [5.41, 5.74) is -0.119. The second kappa shape index (κ2) is 5.69. The molecule has 16 heavy (non-hydrogen) atoms. The van der Waals surface area contributed by atoms with E-state index in [2.05, 4.69) is 15.0 Å². The molecule has 0 spiro atoms. The summed E-state index contributed by atoms with van der Waals surface area (Å²) in [5.74, 6) is -1.39. The third-order valence-electron chi connectivity index (χ3n) is 1.70. The molecule has 1 heterocycles. The zero-order valence-electron chi connectivity index (χ0n) is 8.77. The van der Waals surface area contributed by atoms with Crippen LogP contribution in [0.15, 0.2) is 18.3 Å². The number of hydrogen-bond donors (Lipinski definition) is 2. The van der Waals surface area contributed by atoms with E-state index in [9.17, 15) is 14.7 Å². The van der Waals surface area contributed by atoms with Crippen molar-refractivity contribution in [2.24, 2.45) is 0 Å². The highest BCUT2D eigenvalue weighted by atomic mass is 16.5. The fourth-order valence-corrected chi connectivity index (χ4v) is 1.02. The van der Waals surface area contributed by atoms with Crippen LogP contribution >= 0.6 is 0 Å². The zero-order chi connectivity index (χ0) is 12.0. The molecule has 0 unspecified atom stereocenters. The van der Waals surface area contributed by atoms with E-state index >= 15 is 0 Å². The molecular weight excluding hydrogens is 212 g/mol. The van der Waals surface area contributed by atoms with E-state index in [0.717, 1.165) is 0 Å². The first kappa shape index (κ1) is 12.0. The minimum absolute atomic E-state index is 0.119. The number of aromatic nitrogens is 1. The molecule has 6 heteroatoms. The molecule has 0 bridgehead atoms. The zero-order valence-corrected chi connectivity index (χ0v) is 8.77. The van der Waals surface area contributed by atoms with Crippen LogP contribution in [0, 0.1) is 0 Å². The fourth-order valence-electron chi connectivity index (χ4n) is 1.02. The Morgan fingerprint density at radius 2 is 2.31 bits per heavy atom. The van der Waals surface area contributed by atoms with E-state index in [1.165, 1.54) is 18.3 Å². The number of hydrogen-bond acceptors (Lipinski definition) is 5. The fraction of sp³-hybridized carbons (Fsp3) is 0.300. The highest BCUT2D eigenvalue weighted by Gasteiger charge is 2.13. The lowest BCUT2D eigenvalue weighted by atomic mass is 10.3. The van der Waals surface area contributed by atoms with Crippen molar-refractivity contribution >= 4 is 11.9 Å². The van der Waals surface area contributed by atoms with Crippen molar-refractivity contribution in [3.05, 3.63) is 24.0 Å². The van der Waals surface area contributed by atoms with Gasteiger partial charge in [0.05, 0.1) is 6.61 Å². The Bertz CT molecular complexity index is 392. The molecule has 86 valence electrons. The number of pyridine rings is 1. The van der Waals surface area contributed by atoms with Gasteiger partial charge in [0.15, 0.2) is 5.69 Å². The Morgan fingerprint density at radius 3 is 2.94 bits per heavy atom. The molecular formula is C10H12N2O4. The molecule has 1 aromatic heterocycles. The number of ether oxygens (including phenoxy) is 1. The molecule has 0 aliphatic heterocycles. The van der Waals surface area contributed by atoms with Gasteiger partial charge in [-0.3, -0.25) is 9.59 Å². The normalized spacial score (nSPS) is 9.56. The number of rotatable bonds is 4. The molecule has 2 N–H and O–H groups in total. The predicted octanol–water partition coefficient (Wildman–Crippen LogP) is 0.0801. The molecule has 0 atom stereocenters. The van der Waals surface area contributed by atoms with Crippen LogP contribution in [0.5, 0.6) is 5.75 Å². The Morgan fingerprint density at radius 1 is 1.56 bits per heavy atom. The number of aromatic hydroxyl groups is 1. The lowest BCUT2D eigenvalue weighted by Gasteiger charge is -2.05. The van der Waals surface area contributed by atoms with Crippen LogP contribution in [0.4, 0.5) is 0 Å². The maximum Gasteiger partial charge on any atom is 0.325 e. The summed E-state index contributed by atoms with van der Waals surface area (Å²) in [4.78, 5) is 26.1. The second-order valence-corrected chi connectivity index (χ2v) is 2.86. The van der Waals surface area contributed by atoms with Crippen LogP contribution in [-0.2, 0) is 9.53 Å². The predicted molar refractivity (Wildman–Crippen MR) is 54.9 cm³/mol. The van der Waals surface area contributed by atoms with Crippen LogP contribution in [-0.4, -0.2) is 35.1 Å². The maximum atomic E-state index is 11.4. The summed E-state index contributed by atoms with van der Waals surface area (Å²) in [7, 11) is 0. The first-order valence-electron chi connectivity index (χ1n) is 4.73. The summed E-state index contributed by atoms with van der Waals surface area (Å²) < 4.78 is 4.62. The standard InChI is InChI=1S/C10H12N2O4/c1-2-16-8(14)6-12-10(15)9-7(13)4-3-5-11-9/h3-5,13H,2,6H2,1H3,(H,12,15). The van der Waals surface area contributed by atoms with E-state index < -0.39 is 11.9 Å². The first-order chi connectivity index (χ1) is 7.65. The van der Waals surface area contributed by atoms with Gasteiger partial charge in [-0.15, -0.1) is 0 Å². The maximum absolute atomic E-state index is 11.4. The van der Waals surface area contributed by atoms with Crippen LogP contribution in [0.1, 0.15) is 17.4 Å². The van der Waals surface area contributed by atoms with Gasteiger partial charge < -0.3 is 15.2 Å². The molecule has 6 nitrogen and oxygen atoms in total. The van der Waals surface area contributed by atoms with Crippen LogP contribution in [0.3, 0.4) is 0 Å². The van der Waals surface area contributed by atoms with Crippen LogP contribution in [0.2, 0.25) is 0 Å². The summed E-state index contributed by atoms with van der Waals surface area (Å²) >= 11 is 0. The smallest absolute Gasteiger partial charge is 0.325 e. The van der Waals surface area contributed by atoms with E-state index in [4.69, 9.17) is 0 Å². The quantitative estimate of drug-likeness (QED) is 0.707. The van der Waals surface area contributed by atoms with Gasteiger partial charge in [0.2, 0.25) is 0 Å². The summed E-state index contributed by atoms with van der Waals surface area (Å²) in [6, 6.07) is 2.84. The van der Waals surface area contributed by atoms with E-state index in [-0.39, 0.29) is 24.6 Å². The summed E-state index contributed by atoms with van der Waals surface area (Å²) in [5, 5.41) is 11.6. The lowest BCUT2D eigenvalue weighted by molar-refractivity contribution is -0.141. The van der Waals surface area contributed by atoms with Crippen molar-refractivity contribution in [3.63, 3.8) is 0 Å². The molecule has 0 saturated heterocycles. The number of amides is 1. The molecule has 0 aromatic carbocycles. The van der Waals surface area contributed by atoms with Crippen molar-refractivity contribution in [2.45, 2.75) is 6.92 Å². The topological polar surface area (TPSA) is 88.5 Å². The van der Waals surface area contributed by atoms with Gasteiger partial charge in [0.1, 0.15) is 12.3 Å². The monoisotopic (exact) mass is 224 g/mol. The largest absolute Gasteiger partial charge is 0.505 e. The summed E-state index contributed by atoms with van der Waals surface area (Å²) in [6.45, 7) is 1.68. The average Bonchev–Trinajstić information content (AvgIpc) is 2.27. The molecule has 0 radical (unpaired) electrons. The number of nitrogens with one attached hydrogen (secondary N) is 1. The molecule has 1 aromatic rings. The molecule has 1 amide bonds. The van der Waals surface area contributed by atoms with Gasteiger partial charge in [0.25, 0.3) is 5.91 Å². The van der Waals surface area contributed by atoms with Gasteiger partial charge in [0, 0.05) is 6.20 Å². The Labute approximate surface area is 92.3 Å². The van der Waals surface area contributed by atoms with Crippen LogP contribution in [0.25, 0.3) is 0 Å². The van der Waals surface area contributed by atoms with Crippen molar-refractivity contribution < 1.29 is 19.4 Å². The molecule has 0 fully saturated rings. The Balaban J connectivity index is 2.54. The highest BCUT2D eigenvalue weighted by molar-refractivity contribution is 5.96. The minimum atomic E-state index is -0.619. The van der Waals surface area contributed by atoms with Crippen molar-refractivity contribution in [1.29, 1.82) is 0 Å². The first-order valence-corrected chi connectivity index (χ1v) is 4.73. The highest BCUT2D eigenvalue weighted by Crippen LogP contribution is 2.11. The van der Waals surface area contributed by atoms with Gasteiger partial charge in [-0.2, -0.15) is 0 Å². The van der Waals surface area contributed by atoms with Gasteiger partial charge in [-0.1, -0.05) is 0 Å². The average molecular weight is 224 g/mol. The molecule has 0 aliphatic rings.